The summed E-state index contributed by atoms with van der Waals surface area (Å²) in [7, 11) is 1.67. The Hall–Kier alpha value is -0.780. The summed E-state index contributed by atoms with van der Waals surface area (Å²) in [4.78, 5) is 2.38. The zero-order chi connectivity index (χ0) is 15.3. The van der Waals surface area contributed by atoms with Crippen molar-refractivity contribution in [1.82, 2.24) is 4.90 Å². The average Bonchev–Trinajstić information content (AvgIpc) is 2.36. The van der Waals surface area contributed by atoms with E-state index in [1.54, 1.807) is 12.1 Å². The van der Waals surface area contributed by atoms with Crippen molar-refractivity contribution in [3.8, 4) is 5.75 Å². The molecular weight excluding hydrogens is 298 g/mol. The second-order valence-corrected chi connectivity index (χ2v) is 7.27. The van der Waals surface area contributed by atoms with Gasteiger partial charge in [0.15, 0.2) is 0 Å². The van der Waals surface area contributed by atoms with Crippen LogP contribution in [-0.2, 0) is 9.05 Å². The van der Waals surface area contributed by atoms with Crippen LogP contribution in [0.3, 0.4) is 0 Å². The van der Waals surface area contributed by atoms with Crippen molar-refractivity contribution in [3.63, 3.8) is 0 Å². The normalized spacial score (nSPS) is 11.9. The summed E-state index contributed by atoms with van der Waals surface area (Å²) in [5.41, 5.74) is 1.56. The Morgan fingerprint density at radius 2 is 1.65 bits per heavy atom. The molecule has 0 unspecified atom stereocenters. The highest BCUT2D eigenvalue weighted by Crippen LogP contribution is 2.28. The van der Waals surface area contributed by atoms with Gasteiger partial charge >= 0.3 is 0 Å². The lowest BCUT2D eigenvalue weighted by Gasteiger charge is -2.19. The molecular formula is C14H22ClNO3S. The van der Waals surface area contributed by atoms with Gasteiger partial charge in [-0.2, -0.15) is 0 Å². The lowest BCUT2D eigenvalue weighted by Crippen LogP contribution is -2.28. The summed E-state index contributed by atoms with van der Waals surface area (Å²) in [6, 6.07) is 3.09. The molecule has 0 aliphatic heterocycles. The lowest BCUT2D eigenvalue weighted by molar-refractivity contribution is 0.221. The van der Waals surface area contributed by atoms with Gasteiger partial charge in [-0.1, -0.05) is 13.8 Å². The highest BCUT2D eigenvalue weighted by atomic mass is 35.7. The van der Waals surface area contributed by atoms with Crippen molar-refractivity contribution < 1.29 is 13.2 Å². The van der Waals surface area contributed by atoms with Crippen LogP contribution in [0, 0.1) is 13.8 Å². The van der Waals surface area contributed by atoms with E-state index in [2.05, 4.69) is 18.7 Å². The van der Waals surface area contributed by atoms with Crippen LogP contribution in [-0.4, -0.2) is 39.6 Å². The number of hydrogen-bond donors (Lipinski definition) is 0. The van der Waals surface area contributed by atoms with Gasteiger partial charge in [0.25, 0.3) is 9.05 Å². The van der Waals surface area contributed by atoms with E-state index in [0.717, 1.165) is 36.5 Å². The fourth-order valence-corrected chi connectivity index (χ4v) is 3.00. The number of halogens is 1. The van der Waals surface area contributed by atoms with Gasteiger partial charge in [0.1, 0.15) is 12.4 Å². The van der Waals surface area contributed by atoms with E-state index in [9.17, 15) is 8.42 Å². The molecule has 0 amide bonds. The van der Waals surface area contributed by atoms with E-state index >= 15 is 0 Å². The van der Waals surface area contributed by atoms with Gasteiger partial charge in [0.2, 0.25) is 0 Å². The molecule has 1 aromatic rings. The molecule has 4 nitrogen and oxygen atoms in total. The SMILES string of the molecule is CCN(CC)CCOc1c(C)cc(S(=O)(=O)Cl)cc1C. The van der Waals surface area contributed by atoms with Gasteiger partial charge < -0.3 is 9.64 Å². The minimum atomic E-state index is -3.70. The first-order valence-electron chi connectivity index (χ1n) is 6.70. The third-order valence-electron chi connectivity index (χ3n) is 3.26. The zero-order valence-corrected chi connectivity index (χ0v) is 14.0. The monoisotopic (exact) mass is 319 g/mol. The molecule has 0 spiro atoms. The second kappa shape index (κ2) is 7.29. The van der Waals surface area contributed by atoms with E-state index in [0.29, 0.717) is 6.61 Å². The Labute approximate surface area is 126 Å². The standard InChI is InChI=1S/C14H22ClNO3S/c1-5-16(6-2)7-8-19-14-11(3)9-13(10-12(14)4)20(15,17)18/h9-10H,5-8H2,1-4H3. The van der Waals surface area contributed by atoms with Crippen LogP contribution in [0.4, 0.5) is 0 Å². The van der Waals surface area contributed by atoms with Crippen LogP contribution in [0.1, 0.15) is 25.0 Å². The second-order valence-electron chi connectivity index (χ2n) is 4.70. The molecule has 0 aromatic heterocycles. The van der Waals surface area contributed by atoms with Gasteiger partial charge in [-0.05, 0) is 50.2 Å². The number of ether oxygens (including phenoxy) is 1. The van der Waals surface area contributed by atoms with Crippen molar-refractivity contribution in [3.05, 3.63) is 23.3 Å². The summed E-state index contributed by atoms with van der Waals surface area (Å²) in [5.74, 6) is 0.737. The molecule has 0 aliphatic carbocycles. The van der Waals surface area contributed by atoms with E-state index in [1.807, 2.05) is 13.8 Å². The number of likely N-dealkylation sites (N-methyl/N-ethyl adjacent to an activating group) is 1. The Balaban J connectivity index is 2.82. The number of hydrogen-bond acceptors (Lipinski definition) is 4. The third-order valence-corrected chi connectivity index (χ3v) is 4.60. The molecule has 1 rings (SSSR count). The van der Waals surface area contributed by atoms with Crippen LogP contribution in [0.15, 0.2) is 17.0 Å². The summed E-state index contributed by atoms with van der Waals surface area (Å²) in [5, 5.41) is 0. The quantitative estimate of drug-likeness (QED) is 0.725. The summed E-state index contributed by atoms with van der Waals surface area (Å²) in [6.07, 6.45) is 0. The maximum absolute atomic E-state index is 11.3. The fourth-order valence-electron chi connectivity index (χ4n) is 2.10. The van der Waals surface area contributed by atoms with Crippen molar-refractivity contribution in [2.24, 2.45) is 0 Å². The molecule has 0 radical (unpaired) electrons. The number of rotatable bonds is 7. The Bertz CT molecular complexity index is 531. The summed E-state index contributed by atoms with van der Waals surface area (Å²) in [6.45, 7) is 11.3. The Morgan fingerprint density at radius 3 is 2.05 bits per heavy atom. The first-order chi connectivity index (χ1) is 9.29. The number of nitrogens with zero attached hydrogens (tertiary/aromatic N) is 1. The van der Waals surface area contributed by atoms with Gasteiger partial charge in [-0.15, -0.1) is 0 Å². The minimum absolute atomic E-state index is 0.116. The molecule has 6 heteroatoms. The first-order valence-corrected chi connectivity index (χ1v) is 9.01. The lowest BCUT2D eigenvalue weighted by atomic mass is 10.1. The molecule has 0 heterocycles. The van der Waals surface area contributed by atoms with E-state index in [4.69, 9.17) is 15.4 Å². The molecule has 0 saturated carbocycles. The van der Waals surface area contributed by atoms with Crippen LogP contribution < -0.4 is 4.74 Å². The Kier molecular flexibility index (Phi) is 6.30. The third kappa shape index (κ3) is 4.65. The van der Waals surface area contributed by atoms with Crippen molar-refractivity contribution in [1.29, 1.82) is 0 Å². The molecule has 1 aromatic carbocycles. The minimum Gasteiger partial charge on any atom is -0.492 e. The van der Waals surface area contributed by atoms with Crippen molar-refractivity contribution >= 4 is 19.7 Å². The largest absolute Gasteiger partial charge is 0.492 e. The molecule has 0 atom stereocenters. The van der Waals surface area contributed by atoms with E-state index in [1.165, 1.54) is 0 Å². The maximum atomic E-state index is 11.3. The zero-order valence-electron chi connectivity index (χ0n) is 12.4. The number of benzene rings is 1. The number of aryl methyl sites for hydroxylation is 2. The average molecular weight is 320 g/mol. The van der Waals surface area contributed by atoms with Crippen LogP contribution in [0.5, 0.6) is 5.75 Å². The van der Waals surface area contributed by atoms with Gasteiger partial charge in [-0.3, -0.25) is 0 Å². The van der Waals surface area contributed by atoms with Crippen LogP contribution in [0.2, 0.25) is 0 Å². The first kappa shape index (κ1) is 17.3. The summed E-state index contributed by atoms with van der Waals surface area (Å²) < 4.78 is 28.5. The molecule has 0 aliphatic rings. The summed E-state index contributed by atoms with van der Waals surface area (Å²) >= 11 is 0. The molecule has 0 bridgehead atoms. The van der Waals surface area contributed by atoms with Gasteiger partial charge in [0.05, 0.1) is 4.90 Å². The Morgan fingerprint density at radius 1 is 1.15 bits per heavy atom. The molecule has 114 valence electrons. The predicted molar refractivity (Wildman–Crippen MR) is 82.2 cm³/mol. The smallest absolute Gasteiger partial charge is 0.261 e. The molecule has 20 heavy (non-hydrogen) atoms. The van der Waals surface area contributed by atoms with E-state index in [-0.39, 0.29) is 4.90 Å². The predicted octanol–water partition coefficient (Wildman–Crippen LogP) is 2.95. The topological polar surface area (TPSA) is 46.6 Å². The van der Waals surface area contributed by atoms with Crippen molar-refractivity contribution in [2.75, 3.05) is 26.2 Å². The fraction of sp³-hybridized carbons (Fsp3) is 0.571. The van der Waals surface area contributed by atoms with Crippen LogP contribution >= 0.6 is 10.7 Å². The maximum Gasteiger partial charge on any atom is 0.261 e. The van der Waals surface area contributed by atoms with Crippen molar-refractivity contribution in [2.45, 2.75) is 32.6 Å². The molecule has 0 saturated heterocycles. The highest BCUT2D eigenvalue weighted by molar-refractivity contribution is 8.13. The molecule has 0 fully saturated rings. The van der Waals surface area contributed by atoms with Gasteiger partial charge in [-0.25, -0.2) is 8.42 Å². The highest BCUT2D eigenvalue weighted by Gasteiger charge is 2.15. The molecule has 0 N–H and O–H groups in total. The van der Waals surface area contributed by atoms with Gasteiger partial charge in [0, 0.05) is 17.2 Å². The van der Waals surface area contributed by atoms with Crippen LogP contribution in [0.25, 0.3) is 0 Å². The van der Waals surface area contributed by atoms with E-state index < -0.39 is 9.05 Å².